The van der Waals surface area contributed by atoms with Crippen molar-refractivity contribution < 1.29 is 22.3 Å². The third-order valence-electron chi connectivity index (χ3n) is 3.10. The molecule has 1 heterocycles. The molecule has 1 aromatic carbocycles. The van der Waals surface area contributed by atoms with Gasteiger partial charge in [-0.15, -0.1) is 12.4 Å². The lowest BCUT2D eigenvalue weighted by atomic mass is 9.98. The van der Waals surface area contributed by atoms with Crippen LogP contribution < -0.4 is 10.1 Å². The number of alkyl halides is 4. The molecule has 1 saturated heterocycles. The van der Waals surface area contributed by atoms with Crippen LogP contribution in [0.25, 0.3) is 0 Å². The fraction of sp³-hybridized carbons (Fsp3) is 0.538. The molecule has 0 radical (unpaired) electrons. The van der Waals surface area contributed by atoms with Crippen LogP contribution in [-0.4, -0.2) is 19.1 Å². The summed E-state index contributed by atoms with van der Waals surface area (Å²) >= 11 is 0. The van der Waals surface area contributed by atoms with Gasteiger partial charge in [0.25, 0.3) is 0 Å². The highest BCUT2D eigenvalue weighted by Gasteiger charge is 2.43. The summed E-state index contributed by atoms with van der Waals surface area (Å²) in [6.45, 7) is 0.923. The zero-order chi connectivity index (χ0) is 13.9. The number of ether oxygens (including phenoxy) is 1. The lowest BCUT2D eigenvalue weighted by Crippen LogP contribution is -2.33. The Morgan fingerprint density at radius 1 is 1.15 bits per heavy atom. The van der Waals surface area contributed by atoms with Crippen LogP contribution in [-0.2, 0) is 0 Å². The summed E-state index contributed by atoms with van der Waals surface area (Å²) in [5, 5.41) is 3.31. The minimum Gasteiger partial charge on any atom is -0.428 e. The van der Waals surface area contributed by atoms with Crippen molar-refractivity contribution >= 4 is 12.4 Å². The Morgan fingerprint density at radius 2 is 1.80 bits per heavy atom. The van der Waals surface area contributed by atoms with E-state index in [0.29, 0.717) is 0 Å². The summed E-state index contributed by atoms with van der Waals surface area (Å²) < 4.78 is 53.4. The van der Waals surface area contributed by atoms with Crippen LogP contribution in [0.4, 0.5) is 17.6 Å². The number of benzene rings is 1. The van der Waals surface area contributed by atoms with E-state index in [-0.39, 0.29) is 24.2 Å². The summed E-state index contributed by atoms with van der Waals surface area (Å²) in [5.74, 6) is -0.259. The summed E-state index contributed by atoms with van der Waals surface area (Å²) in [5.41, 5.74) is 0.951. The Labute approximate surface area is 120 Å². The molecule has 1 atom stereocenters. The van der Waals surface area contributed by atoms with Gasteiger partial charge in [-0.3, -0.25) is 0 Å². The lowest BCUT2D eigenvalue weighted by Gasteiger charge is -2.24. The predicted molar refractivity (Wildman–Crippen MR) is 69.9 cm³/mol. The molecule has 7 heteroatoms. The smallest absolute Gasteiger partial charge is 0.428 e. The maximum atomic E-state index is 12.7. The van der Waals surface area contributed by atoms with Crippen molar-refractivity contribution in [2.75, 3.05) is 6.54 Å². The van der Waals surface area contributed by atoms with Crippen molar-refractivity contribution in [3.63, 3.8) is 0 Å². The van der Waals surface area contributed by atoms with Gasteiger partial charge in [-0.2, -0.15) is 17.6 Å². The topological polar surface area (TPSA) is 21.3 Å². The molecule has 1 aromatic rings. The molecule has 20 heavy (non-hydrogen) atoms. The molecular weight excluding hydrogens is 298 g/mol. The minimum absolute atomic E-state index is 0. The first kappa shape index (κ1) is 17.0. The number of halogens is 5. The number of nitrogens with one attached hydrogen (secondary N) is 1. The number of piperidine rings is 1. The van der Waals surface area contributed by atoms with Crippen LogP contribution in [0.15, 0.2) is 24.3 Å². The van der Waals surface area contributed by atoms with Crippen molar-refractivity contribution in [2.45, 2.75) is 37.8 Å². The standard InChI is InChI=1S/C13H15F4NO.ClH/c14-12(15)13(16,17)19-10-6-4-9(5-7-10)11-3-1-2-8-18-11;/h4-7,11-12,18H,1-3,8H2;1H/t11-;/m0./s1. The molecule has 0 unspecified atom stereocenters. The van der Waals surface area contributed by atoms with Gasteiger partial charge in [0, 0.05) is 6.04 Å². The first-order valence-corrected chi connectivity index (χ1v) is 6.17. The highest BCUT2D eigenvalue weighted by molar-refractivity contribution is 5.85. The fourth-order valence-corrected chi connectivity index (χ4v) is 2.11. The quantitative estimate of drug-likeness (QED) is 0.843. The molecule has 2 rings (SSSR count). The number of rotatable bonds is 4. The van der Waals surface area contributed by atoms with Crippen LogP contribution in [0.2, 0.25) is 0 Å². The molecule has 0 aliphatic carbocycles. The molecule has 1 aliphatic heterocycles. The molecule has 0 saturated carbocycles. The SMILES string of the molecule is Cl.FC(F)C(F)(F)Oc1ccc([C@@H]2CCCCN2)cc1. The second-order valence-electron chi connectivity index (χ2n) is 4.54. The van der Waals surface area contributed by atoms with Crippen LogP contribution in [0, 0.1) is 0 Å². The van der Waals surface area contributed by atoms with Gasteiger partial charge in [0.1, 0.15) is 5.75 Å². The van der Waals surface area contributed by atoms with Crippen LogP contribution in [0.5, 0.6) is 5.75 Å². The molecular formula is C13H16ClF4NO. The molecule has 2 nitrogen and oxygen atoms in total. The maximum absolute atomic E-state index is 12.7. The van der Waals surface area contributed by atoms with Crippen LogP contribution in [0.3, 0.4) is 0 Å². The Morgan fingerprint density at radius 3 is 2.30 bits per heavy atom. The number of hydrogen-bond acceptors (Lipinski definition) is 2. The van der Waals surface area contributed by atoms with Gasteiger partial charge >= 0.3 is 12.5 Å². The Bertz CT molecular complexity index is 407. The average molecular weight is 314 g/mol. The van der Waals surface area contributed by atoms with Gasteiger partial charge in [0.2, 0.25) is 0 Å². The van der Waals surface area contributed by atoms with E-state index >= 15 is 0 Å². The van der Waals surface area contributed by atoms with E-state index in [0.717, 1.165) is 31.4 Å². The second-order valence-corrected chi connectivity index (χ2v) is 4.54. The molecule has 0 amide bonds. The molecule has 1 fully saturated rings. The normalized spacial score (nSPS) is 19.6. The van der Waals surface area contributed by atoms with Gasteiger partial charge < -0.3 is 10.1 Å². The Hall–Kier alpha value is -1.01. The van der Waals surface area contributed by atoms with Crippen LogP contribution in [0.1, 0.15) is 30.9 Å². The van der Waals surface area contributed by atoms with Crippen LogP contribution >= 0.6 is 12.4 Å². The van der Waals surface area contributed by atoms with Gasteiger partial charge in [0.05, 0.1) is 0 Å². The Balaban J connectivity index is 0.00000200. The predicted octanol–water partition coefficient (Wildman–Crippen LogP) is 4.16. The summed E-state index contributed by atoms with van der Waals surface area (Å²) in [6.07, 6.45) is -5.08. The van der Waals surface area contributed by atoms with Crippen molar-refractivity contribution in [2.24, 2.45) is 0 Å². The van der Waals surface area contributed by atoms with Crippen molar-refractivity contribution in [3.8, 4) is 5.75 Å². The third-order valence-corrected chi connectivity index (χ3v) is 3.10. The zero-order valence-electron chi connectivity index (χ0n) is 10.6. The van der Waals surface area contributed by atoms with E-state index < -0.39 is 12.5 Å². The Kier molecular flexibility index (Phi) is 6.07. The average Bonchev–Trinajstić information content (AvgIpc) is 2.40. The molecule has 1 aliphatic rings. The maximum Gasteiger partial charge on any atom is 0.461 e. The van der Waals surface area contributed by atoms with Gasteiger partial charge in [-0.05, 0) is 37.1 Å². The van der Waals surface area contributed by atoms with Gasteiger partial charge in [-0.25, -0.2) is 0 Å². The highest BCUT2D eigenvalue weighted by Crippen LogP contribution is 2.29. The molecule has 0 aromatic heterocycles. The second kappa shape index (κ2) is 7.13. The van der Waals surface area contributed by atoms with Crippen molar-refractivity contribution in [1.29, 1.82) is 0 Å². The largest absolute Gasteiger partial charge is 0.461 e. The number of hydrogen-bond donors (Lipinski definition) is 1. The molecule has 114 valence electrons. The monoisotopic (exact) mass is 313 g/mol. The third kappa shape index (κ3) is 4.24. The fourth-order valence-electron chi connectivity index (χ4n) is 2.11. The van der Waals surface area contributed by atoms with Crippen molar-refractivity contribution in [3.05, 3.63) is 29.8 Å². The van der Waals surface area contributed by atoms with E-state index in [2.05, 4.69) is 10.1 Å². The molecule has 0 bridgehead atoms. The summed E-state index contributed by atoms with van der Waals surface area (Å²) in [7, 11) is 0. The lowest BCUT2D eigenvalue weighted by molar-refractivity contribution is -0.253. The van der Waals surface area contributed by atoms with E-state index in [1.54, 1.807) is 12.1 Å². The first-order valence-electron chi connectivity index (χ1n) is 6.17. The minimum atomic E-state index is -4.45. The van der Waals surface area contributed by atoms with E-state index in [9.17, 15) is 17.6 Å². The zero-order valence-corrected chi connectivity index (χ0v) is 11.4. The summed E-state index contributed by atoms with van der Waals surface area (Å²) in [4.78, 5) is 0. The highest BCUT2D eigenvalue weighted by atomic mass is 35.5. The molecule has 0 spiro atoms. The van der Waals surface area contributed by atoms with Gasteiger partial charge in [0.15, 0.2) is 0 Å². The van der Waals surface area contributed by atoms with E-state index in [4.69, 9.17) is 0 Å². The van der Waals surface area contributed by atoms with E-state index in [1.807, 2.05) is 0 Å². The summed E-state index contributed by atoms with van der Waals surface area (Å²) in [6, 6.07) is 6.03. The van der Waals surface area contributed by atoms with Gasteiger partial charge in [-0.1, -0.05) is 18.6 Å². The molecule has 1 N–H and O–H groups in total. The van der Waals surface area contributed by atoms with E-state index in [1.165, 1.54) is 12.1 Å². The first-order chi connectivity index (χ1) is 8.99. The van der Waals surface area contributed by atoms with Crippen molar-refractivity contribution in [1.82, 2.24) is 5.32 Å².